The van der Waals surface area contributed by atoms with E-state index >= 15 is 0 Å². The molecule has 0 N–H and O–H groups in total. The van der Waals surface area contributed by atoms with Crippen LogP contribution in [-0.4, -0.2) is 24.5 Å². The van der Waals surface area contributed by atoms with E-state index in [1.54, 1.807) is 0 Å². The van der Waals surface area contributed by atoms with E-state index in [4.69, 9.17) is 16.3 Å². The van der Waals surface area contributed by atoms with Crippen LogP contribution in [0.25, 0.3) is 11.1 Å². The van der Waals surface area contributed by atoms with E-state index in [9.17, 15) is 10.5 Å². The van der Waals surface area contributed by atoms with Gasteiger partial charge in [-0.1, -0.05) is 35.9 Å². The number of pyridine rings is 1. The van der Waals surface area contributed by atoms with Crippen molar-refractivity contribution < 1.29 is 4.74 Å². The molecule has 1 unspecified atom stereocenters. The number of aromatic nitrogens is 1. The smallest absolute Gasteiger partial charge is 0.148 e. The summed E-state index contributed by atoms with van der Waals surface area (Å²) < 4.78 is 5.43. The van der Waals surface area contributed by atoms with Crippen LogP contribution in [0, 0.1) is 22.7 Å². The van der Waals surface area contributed by atoms with E-state index in [-0.39, 0.29) is 10.7 Å². The first-order valence-corrected chi connectivity index (χ1v) is 9.05. The zero-order chi connectivity index (χ0) is 17.1. The number of hydrogen-bond donors (Lipinski definition) is 0. The predicted molar refractivity (Wildman–Crippen MR) is 94.1 cm³/mol. The third-order valence-corrected chi connectivity index (χ3v) is 5.09. The molecule has 120 valence electrons. The van der Waals surface area contributed by atoms with Crippen molar-refractivity contribution in [3.63, 3.8) is 0 Å². The van der Waals surface area contributed by atoms with Crippen LogP contribution < -0.4 is 0 Å². The number of hydrogen-bond acceptors (Lipinski definition) is 5. The Bertz CT molecular complexity index is 847. The molecule has 0 radical (unpaired) electrons. The summed E-state index contributed by atoms with van der Waals surface area (Å²) in [4.78, 5) is 4.17. The van der Waals surface area contributed by atoms with Crippen molar-refractivity contribution >= 4 is 23.4 Å². The third kappa shape index (κ3) is 2.99. The van der Waals surface area contributed by atoms with Gasteiger partial charge in [-0.3, -0.25) is 0 Å². The van der Waals surface area contributed by atoms with Crippen molar-refractivity contribution in [2.45, 2.75) is 17.4 Å². The molecule has 0 aliphatic carbocycles. The lowest BCUT2D eigenvalue weighted by Gasteiger charge is -2.13. The Labute approximate surface area is 150 Å². The lowest BCUT2D eigenvalue weighted by atomic mass is 9.93. The first-order chi connectivity index (χ1) is 11.7. The first-order valence-electron chi connectivity index (χ1n) is 7.45. The largest absolute Gasteiger partial charge is 0.381 e. The first kappa shape index (κ1) is 16.8. The number of benzene rings is 1. The second-order valence-corrected chi connectivity index (χ2v) is 6.60. The zero-order valence-corrected chi connectivity index (χ0v) is 14.6. The second-order valence-electron chi connectivity index (χ2n) is 5.44. The number of rotatable bonds is 3. The number of thioether (sulfide) groups is 1. The van der Waals surface area contributed by atoms with Crippen LogP contribution in [0.5, 0.6) is 0 Å². The molecule has 0 saturated carbocycles. The van der Waals surface area contributed by atoms with Crippen molar-refractivity contribution in [1.29, 1.82) is 10.5 Å². The van der Waals surface area contributed by atoms with Gasteiger partial charge in [0.15, 0.2) is 0 Å². The van der Waals surface area contributed by atoms with Crippen molar-refractivity contribution in [2.24, 2.45) is 0 Å². The van der Waals surface area contributed by atoms with Gasteiger partial charge < -0.3 is 4.74 Å². The fourth-order valence-electron chi connectivity index (χ4n) is 2.90. The minimum absolute atomic E-state index is 0.129. The molecule has 1 atom stereocenters. The summed E-state index contributed by atoms with van der Waals surface area (Å²) in [5, 5.41) is 19.7. The normalized spacial score (nSPS) is 16.6. The zero-order valence-electron chi connectivity index (χ0n) is 13.0. The molecule has 4 nitrogen and oxygen atoms in total. The lowest BCUT2D eigenvalue weighted by Crippen LogP contribution is -2.00. The highest BCUT2D eigenvalue weighted by atomic mass is 35.5. The summed E-state index contributed by atoms with van der Waals surface area (Å²) in [6.45, 7) is 1.53. The highest BCUT2D eigenvalue weighted by Gasteiger charge is 2.21. The average Bonchev–Trinajstić information content (AvgIpc) is 3.15. The Hall–Kier alpha value is -2.05. The fourth-order valence-corrected chi connectivity index (χ4v) is 3.70. The van der Waals surface area contributed by atoms with Gasteiger partial charge in [-0.2, -0.15) is 10.5 Å². The minimum Gasteiger partial charge on any atom is -0.381 e. The maximum atomic E-state index is 9.56. The summed E-state index contributed by atoms with van der Waals surface area (Å²) in [5.74, 6) is 0.410. The molecule has 3 rings (SSSR count). The molecular weight excluding hydrogens is 342 g/mol. The molecule has 1 aliphatic rings. The molecule has 1 aromatic heterocycles. The Morgan fingerprint density at radius 3 is 2.46 bits per heavy atom. The molecule has 2 aromatic rings. The molecule has 0 bridgehead atoms. The highest BCUT2D eigenvalue weighted by Crippen LogP contribution is 2.36. The van der Waals surface area contributed by atoms with Crippen molar-refractivity contribution in [3.05, 3.63) is 46.1 Å². The highest BCUT2D eigenvalue weighted by molar-refractivity contribution is 7.98. The summed E-state index contributed by atoms with van der Waals surface area (Å²) in [5.41, 5.74) is 3.19. The Morgan fingerprint density at radius 2 is 1.92 bits per heavy atom. The minimum atomic E-state index is 0.129. The maximum Gasteiger partial charge on any atom is 0.148 e. The topological polar surface area (TPSA) is 69.7 Å². The van der Waals surface area contributed by atoms with Gasteiger partial charge in [0, 0.05) is 18.1 Å². The van der Waals surface area contributed by atoms with E-state index in [0.717, 1.165) is 25.2 Å². The van der Waals surface area contributed by atoms with Crippen LogP contribution in [0.4, 0.5) is 0 Å². The Kier molecular flexibility index (Phi) is 5.06. The maximum absolute atomic E-state index is 9.56. The summed E-state index contributed by atoms with van der Waals surface area (Å²) in [6.07, 6.45) is 2.85. The van der Waals surface area contributed by atoms with Gasteiger partial charge in [0.1, 0.15) is 22.3 Å². The number of nitriles is 2. The third-order valence-electron chi connectivity index (χ3n) is 4.14. The van der Waals surface area contributed by atoms with Gasteiger partial charge in [-0.15, -0.1) is 11.8 Å². The van der Waals surface area contributed by atoms with Gasteiger partial charge in [-0.25, -0.2) is 4.98 Å². The van der Waals surface area contributed by atoms with Crippen molar-refractivity contribution in [1.82, 2.24) is 4.98 Å². The van der Waals surface area contributed by atoms with E-state index in [1.807, 2.05) is 30.5 Å². The summed E-state index contributed by atoms with van der Waals surface area (Å²) in [7, 11) is 0. The van der Waals surface area contributed by atoms with Gasteiger partial charge >= 0.3 is 0 Å². The van der Waals surface area contributed by atoms with Gasteiger partial charge in [-0.05, 0) is 23.8 Å². The Balaban J connectivity index is 2.13. The van der Waals surface area contributed by atoms with Crippen molar-refractivity contribution in [2.75, 3.05) is 19.5 Å². The van der Waals surface area contributed by atoms with E-state index in [1.165, 1.54) is 17.3 Å². The van der Waals surface area contributed by atoms with Crippen LogP contribution in [0.3, 0.4) is 0 Å². The molecule has 0 amide bonds. The molecular formula is C18H14ClN3OS. The van der Waals surface area contributed by atoms with Crippen LogP contribution in [0.2, 0.25) is 5.15 Å². The number of halogens is 1. The molecule has 2 heterocycles. The molecule has 1 aliphatic heterocycles. The van der Waals surface area contributed by atoms with Gasteiger partial charge in [0.2, 0.25) is 0 Å². The quantitative estimate of drug-likeness (QED) is 0.604. The predicted octanol–water partition coefficient (Wildman–Crippen LogP) is 4.37. The Morgan fingerprint density at radius 1 is 1.21 bits per heavy atom. The van der Waals surface area contributed by atoms with Crippen LogP contribution in [0.15, 0.2) is 29.3 Å². The average molecular weight is 356 g/mol. The number of ether oxygens (including phenoxy) is 1. The molecule has 1 fully saturated rings. The molecule has 24 heavy (non-hydrogen) atoms. The van der Waals surface area contributed by atoms with E-state index in [2.05, 4.69) is 17.1 Å². The van der Waals surface area contributed by atoms with Gasteiger partial charge in [0.05, 0.1) is 17.7 Å². The molecule has 1 saturated heterocycles. The summed E-state index contributed by atoms with van der Waals surface area (Å²) >= 11 is 7.50. The number of nitrogens with zero attached hydrogens (tertiary/aromatic N) is 3. The fraction of sp³-hybridized carbons (Fsp3) is 0.278. The van der Waals surface area contributed by atoms with Crippen LogP contribution in [-0.2, 0) is 4.74 Å². The molecule has 1 aromatic carbocycles. The van der Waals surface area contributed by atoms with E-state index < -0.39 is 0 Å². The molecule has 6 heteroatoms. The van der Waals surface area contributed by atoms with Crippen molar-refractivity contribution in [3.8, 4) is 23.3 Å². The molecule has 0 spiro atoms. The monoisotopic (exact) mass is 355 g/mol. The van der Waals surface area contributed by atoms with Crippen LogP contribution >= 0.6 is 23.4 Å². The van der Waals surface area contributed by atoms with Gasteiger partial charge in [0.25, 0.3) is 0 Å². The van der Waals surface area contributed by atoms with Crippen LogP contribution in [0.1, 0.15) is 29.0 Å². The standard InChI is InChI=1S/C18H14ClN3OS/c1-24-18-15(9-21)16(14(8-20)17(19)22-18)12-4-2-11(3-5-12)13-6-7-23-10-13/h2-5,13H,6-7,10H2,1H3. The van der Waals surface area contributed by atoms with E-state index in [0.29, 0.717) is 22.1 Å². The second kappa shape index (κ2) is 7.23. The lowest BCUT2D eigenvalue weighted by molar-refractivity contribution is 0.194. The SMILES string of the molecule is CSc1nc(Cl)c(C#N)c(-c2ccc(C3CCOC3)cc2)c1C#N. The summed E-state index contributed by atoms with van der Waals surface area (Å²) in [6, 6.07) is 12.2.